The van der Waals surface area contributed by atoms with Gasteiger partial charge in [-0.3, -0.25) is 19.3 Å². The average Bonchev–Trinajstić information content (AvgIpc) is 3.45. The fourth-order valence-electron chi connectivity index (χ4n) is 5.82. The maximum atomic E-state index is 14.2. The number of nitrogens with two attached hydrogens (primary N) is 1. The Balaban J connectivity index is 1.43. The number of hydrogen-bond acceptors (Lipinski definition) is 5. The molecule has 12 heteroatoms. The van der Waals surface area contributed by atoms with Gasteiger partial charge in [-0.15, -0.1) is 0 Å². The van der Waals surface area contributed by atoms with Crippen LogP contribution in [-0.4, -0.2) is 56.8 Å². The fourth-order valence-corrected chi connectivity index (χ4v) is 6.02. The lowest BCUT2D eigenvalue weighted by Gasteiger charge is -2.36. The highest BCUT2D eigenvalue weighted by molar-refractivity contribution is 6.30. The van der Waals surface area contributed by atoms with Gasteiger partial charge in [0.25, 0.3) is 11.8 Å². The first-order valence-corrected chi connectivity index (χ1v) is 13.5. The zero-order valence-corrected chi connectivity index (χ0v) is 22.7. The van der Waals surface area contributed by atoms with Gasteiger partial charge in [-0.05, 0) is 41.5 Å². The van der Waals surface area contributed by atoms with Gasteiger partial charge in [-0.25, -0.2) is 14.5 Å². The molecule has 0 bridgehead atoms. The van der Waals surface area contributed by atoms with Gasteiger partial charge < -0.3 is 21.1 Å². The summed E-state index contributed by atoms with van der Waals surface area (Å²) in [6, 6.07) is 16.9. The van der Waals surface area contributed by atoms with Crippen molar-refractivity contribution < 1.29 is 29.1 Å². The summed E-state index contributed by atoms with van der Waals surface area (Å²) >= 11 is 6.35. The second kappa shape index (κ2) is 10.3. The zero-order chi connectivity index (χ0) is 29.7. The SMILES string of the molecule is NC(=O)C[C@H](NC(=O)c1ccccc1N1C(=O)[C@@H]2Cc3c([nH]c4ccccc34)[C@@H](c3cccc(Cl)c3)N2C1=O)C(=O)O. The number of imide groups is 1. The molecule has 5 N–H and O–H groups in total. The molecule has 3 aromatic carbocycles. The van der Waals surface area contributed by atoms with Gasteiger partial charge in [0.05, 0.1) is 17.7 Å². The molecule has 0 spiro atoms. The number of H-pyrrole nitrogens is 1. The molecule has 11 nitrogen and oxygen atoms in total. The highest BCUT2D eigenvalue weighted by atomic mass is 35.5. The standard InChI is InChI=1S/C30H24ClN5O6/c31-16-7-5-6-15(12-16)26-25-19(17-8-1-3-10-20(17)33-25)13-23-28(39)36(30(42)35(23)26)22-11-4-2-9-18(22)27(38)34-21(29(40)41)14-24(32)37/h1-12,21,23,26,33H,13-14H2,(H2,32,37)(H,34,38)(H,40,41)/t21-,23-,26+/m0/s1. The van der Waals surface area contributed by atoms with E-state index in [9.17, 15) is 29.1 Å². The van der Waals surface area contributed by atoms with Crippen LogP contribution < -0.4 is 16.0 Å². The number of amides is 5. The molecule has 0 unspecified atom stereocenters. The van der Waals surface area contributed by atoms with Crippen LogP contribution in [0.25, 0.3) is 10.9 Å². The number of urea groups is 1. The van der Waals surface area contributed by atoms with Crippen molar-refractivity contribution in [3.63, 3.8) is 0 Å². The molecule has 3 heterocycles. The molecule has 42 heavy (non-hydrogen) atoms. The van der Waals surface area contributed by atoms with E-state index in [0.29, 0.717) is 10.6 Å². The molecule has 2 aliphatic heterocycles. The Morgan fingerprint density at radius 3 is 2.52 bits per heavy atom. The van der Waals surface area contributed by atoms with E-state index in [1.54, 1.807) is 24.3 Å². The van der Waals surface area contributed by atoms with E-state index in [2.05, 4.69) is 10.3 Å². The maximum absolute atomic E-state index is 14.2. The molecule has 0 radical (unpaired) electrons. The van der Waals surface area contributed by atoms with Crippen molar-refractivity contribution in [1.29, 1.82) is 0 Å². The first-order chi connectivity index (χ1) is 20.2. The van der Waals surface area contributed by atoms with Crippen LogP contribution in [0.1, 0.15) is 39.6 Å². The number of nitrogens with one attached hydrogen (secondary N) is 2. The van der Waals surface area contributed by atoms with Crippen LogP contribution in [0.5, 0.6) is 0 Å². The van der Waals surface area contributed by atoms with Crippen LogP contribution in [0.15, 0.2) is 72.8 Å². The Morgan fingerprint density at radius 1 is 1.05 bits per heavy atom. The molecule has 5 amide bonds. The largest absolute Gasteiger partial charge is 0.480 e. The van der Waals surface area contributed by atoms with Gasteiger partial charge >= 0.3 is 12.0 Å². The number of aromatic amines is 1. The van der Waals surface area contributed by atoms with Crippen molar-refractivity contribution in [3.8, 4) is 0 Å². The molecule has 3 atom stereocenters. The third-order valence-corrected chi connectivity index (χ3v) is 7.85. The molecule has 1 aromatic heterocycles. The van der Waals surface area contributed by atoms with Crippen molar-refractivity contribution in [2.24, 2.45) is 5.73 Å². The Hall–Kier alpha value is -5.16. The van der Waals surface area contributed by atoms with Crippen molar-refractivity contribution >= 4 is 57.9 Å². The lowest BCUT2D eigenvalue weighted by Crippen LogP contribution is -2.44. The molecular weight excluding hydrogens is 562 g/mol. The molecule has 2 aliphatic rings. The Kier molecular flexibility index (Phi) is 6.66. The first-order valence-electron chi connectivity index (χ1n) is 13.1. The van der Waals surface area contributed by atoms with Crippen LogP contribution in [0, 0.1) is 0 Å². The van der Waals surface area contributed by atoms with Crippen molar-refractivity contribution in [1.82, 2.24) is 15.2 Å². The number of nitrogens with zero attached hydrogens (tertiary/aromatic N) is 2. The summed E-state index contributed by atoms with van der Waals surface area (Å²) in [5.41, 5.74) is 8.26. The summed E-state index contributed by atoms with van der Waals surface area (Å²) in [4.78, 5) is 70.4. The van der Waals surface area contributed by atoms with Gasteiger partial charge in [-0.2, -0.15) is 0 Å². The number of hydrogen-bond donors (Lipinski definition) is 4. The lowest BCUT2D eigenvalue weighted by molar-refractivity contribution is -0.141. The van der Waals surface area contributed by atoms with Gasteiger partial charge in [0.2, 0.25) is 5.91 Å². The molecule has 0 aliphatic carbocycles. The molecule has 0 saturated carbocycles. The predicted molar refractivity (Wildman–Crippen MR) is 153 cm³/mol. The smallest absolute Gasteiger partial charge is 0.332 e. The zero-order valence-electron chi connectivity index (χ0n) is 21.9. The fraction of sp³-hybridized carbons (Fsp3) is 0.167. The number of carbonyl (C=O) groups excluding carboxylic acids is 4. The van der Waals surface area contributed by atoms with Gasteiger partial charge in [0.1, 0.15) is 18.1 Å². The topological polar surface area (TPSA) is 166 Å². The van der Waals surface area contributed by atoms with Gasteiger partial charge in [0, 0.05) is 28.0 Å². The molecule has 1 saturated heterocycles. The van der Waals surface area contributed by atoms with Crippen LogP contribution in [-0.2, 0) is 20.8 Å². The molecular formula is C30H24ClN5O6. The lowest BCUT2D eigenvalue weighted by atomic mass is 9.89. The number of halogens is 1. The van der Waals surface area contributed by atoms with Crippen LogP contribution >= 0.6 is 11.6 Å². The molecule has 6 rings (SSSR count). The quantitative estimate of drug-likeness (QED) is 0.243. The normalized spacial score (nSPS) is 18.5. The third-order valence-electron chi connectivity index (χ3n) is 7.61. The molecule has 212 valence electrons. The van der Waals surface area contributed by atoms with E-state index in [4.69, 9.17) is 17.3 Å². The predicted octanol–water partition coefficient (Wildman–Crippen LogP) is 3.36. The van der Waals surface area contributed by atoms with E-state index in [1.165, 1.54) is 23.1 Å². The van der Waals surface area contributed by atoms with E-state index in [0.717, 1.165) is 27.1 Å². The monoisotopic (exact) mass is 585 g/mol. The first kappa shape index (κ1) is 27.0. The maximum Gasteiger partial charge on any atom is 0.332 e. The summed E-state index contributed by atoms with van der Waals surface area (Å²) in [5.74, 6) is -3.79. The van der Waals surface area contributed by atoms with E-state index >= 15 is 0 Å². The average molecular weight is 586 g/mol. The summed E-state index contributed by atoms with van der Waals surface area (Å²) in [6.45, 7) is 0. The van der Waals surface area contributed by atoms with E-state index in [-0.39, 0.29) is 17.7 Å². The number of anilines is 1. The number of primary amides is 1. The number of para-hydroxylation sites is 2. The molecule has 1 fully saturated rings. The van der Waals surface area contributed by atoms with Crippen molar-refractivity contribution in [2.75, 3.05) is 4.90 Å². The minimum Gasteiger partial charge on any atom is -0.480 e. The molecule has 4 aromatic rings. The highest BCUT2D eigenvalue weighted by Gasteiger charge is 2.53. The van der Waals surface area contributed by atoms with E-state index in [1.807, 2.05) is 30.3 Å². The van der Waals surface area contributed by atoms with Crippen LogP contribution in [0.2, 0.25) is 5.02 Å². The second-order valence-corrected chi connectivity index (χ2v) is 10.6. The summed E-state index contributed by atoms with van der Waals surface area (Å²) < 4.78 is 0. The van der Waals surface area contributed by atoms with Crippen LogP contribution in [0.4, 0.5) is 10.5 Å². The van der Waals surface area contributed by atoms with E-state index < -0.39 is 54.3 Å². The highest BCUT2D eigenvalue weighted by Crippen LogP contribution is 2.45. The number of fused-ring (bicyclic) bond motifs is 4. The number of aliphatic carboxylic acids is 1. The summed E-state index contributed by atoms with van der Waals surface area (Å²) in [6.07, 6.45) is -0.390. The number of carboxylic acids is 1. The minimum absolute atomic E-state index is 0.0130. The van der Waals surface area contributed by atoms with Crippen LogP contribution in [0.3, 0.4) is 0 Å². The number of rotatable bonds is 7. The Morgan fingerprint density at radius 2 is 1.79 bits per heavy atom. The van der Waals surface area contributed by atoms with Crippen molar-refractivity contribution in [3.05, 3.63) is 100 Å². The number of aromatic nitrogens is 1. The Labute approximate surface area is 243 Å². The number of carbonyl (C=O) groups is 5. The van der Waals surface area contributed by atoms with Gasteiger partial charge in [-0.1, -0.05) is 54.1 Å². The minimum atomic E-state index is -1.59. The second-order valence-electron chi connectivity index (χ2n) is 10.2. The van der Waals surface area contributed by atoms with Gasteiger partial charge in [0.15, 0.2) is 0 Å². The Bertz CT molecular complexity index is 1800. The van der Waals surface area contributed by atoms with Crippen molar-refractivity contribution in [2.45, 2.75) is 31.0 Å². The summed E-state index contributed by atoms with van der Waals surface area (Å²) in [7, 11) is 0. The number of carboxylic acid groups (broad SMARTS) is 1. The third kappa shape index (κ3) is 4.44. The summed E-state index contributed by atoms with van der Waals surface area (Å²) in [5, 5.41) is 13.1. The number of benzene rings is 3.